The molecular weight excluding hydrogens is 444 g/mol. The number of benzene rings is 3. The van der Waals surface area contributed by atoms with Crippen LogP contribution in [0.1, 0.15) is 64.5 Å². The molecule has 5 aliphatic rings. The molecule has 0 spiro atoms. The molecule has 2 unspecified atom stereocenters. The van der Waals surface area contributed by atoms with E-state index in [1.807, 2.05) is 36.4 Å². The topological polar surface area (TPSA) is 53.3 Å². The van der Waals surface area contributed by atoms with Gasteiger partial charge in [0.15, 0.2) is 0 Å². The van der Waals surface area contributed by atoms with Crippen molar-refractivity contribution < 1.29 is 9.53 Å². The van der Waals surface area contributed by atoms with Gasteiger partial charge in [-0.25, -0.2) is 0 Å². The standard InChI is InChI=1S/C32H28N2O2/c1-36-28-19-27-21-11-3-8-16-26(21)32(28,30(35)34-17-9-2-10-18-34)29-22-12-4-6-14-24(22)31(27,20-33)25-15-7-5-13-23(25)29/h3-8,11-16,19,27,29H,2,9-10,17-18H2,1H3. The van der Waals surface area contributed by atoms with Gasteiger partial charge in [0.25, 0.3) is 0 Å². The molecule has 0 aromatic heterocycles. The largest absolute Gasteiger partial charge is 0.500 e. The van der Waals surface area contributed by atoms with Gasteiger partial charge in [-0.15, -0.1) is 0 Å². The number of nitrogens with zero attached hydrogens (tertiary/aromatic N) is 2. The zero-order valence-corrected chi connectivity index (χ0v) is 20.4. The summed E-state index contributed by atoms with van der Waals surface area (Å²) in [5, 5.41) is 11.1. The molecule has 4 nitrogen and oxygen atoms in total. The SMILES string of the molecule is COC1=CC2c3ccccc3C1(C(=O)N1CCCCC1)C1c3ccccc3C2(C#N)c2ccccc21. The second kappa shape index (κ2) is 7.58. The molecule has 4 aliphatic carbocycles. The molecule has 178 valence electrons. The molecule has 4 bridgehead atoms. The van der Waals surface area contributed by atoms with Crippen LogP contribution in [-0.2, 0) is 20.4 Å². The molecule has 3 aromatic carbocycles. The molecule has 0 saturated carbocycles. The minimum Gasteiger partial charge on any atom is -0.500 e. The summed E-state index contributed by atoms with van der Waals surface area (Å²) in [5.41, 5.74) is 4.24. The van der Waals surface area contributed by atoms with Crippen LogP contribution in [0.5, 0.6) is 0 Å². The first kappa shape index (κ1) is 21.4. The highest BCUT2D eigenvalue weighted by molar-refractivity contribution is 5.96. The molecule has 8 rings (SSSR count). The molecule has 1 aliphatic heterocycles. The van der Waals surface area contributed by atoms with Crippen LogP contribution in [0.2, 0.25) is 0 Å². The monoisotopic (exact) mass is 472 g/mol. The fourth-order valence-electron chi connectivity index (χ4n) is 7.73. The van der Waals surface area contributed by atoms with Crippen LogP contribution >= 0.6 is 0 Å². The lowest BCUT2D eigenvalue weighted by Gasteiger charge is -2.56. The van der Waals surface area contributed by atoms with Crippen molar-refractivity contribution in [3.05, 3.63) is 118 Å². The van der Waals surface area contributed by atoms with Gasteiger partial charge in [0.2, 0.25) is 5.91 Å². The van der Waals surface area contributed by atoms with Gasteiger partial charge in [-0.1, -0.05) is 72.8 Å². The summed E-state index contributed by atoms with van der Waals surface area (Å²) in [6.07, 6.45) is 5.30. The number of amides is 1. The third-order valence-electron chi connectivity index (χ3n) is 9.10. The smallest absolute Gasteiger partial charge is 0.241 e. The van der Waals surface area contributed by atoms with Gasteiger partial charge in [-0.05, 0) is 58.7 Å². The van der Waals surface area contributed by atoms with Crippen LogP contribution in [0.15, 0.2) is 84.6 Å². The number of carbonyl (C=O) groups is 1. The summed E-state index contributed by atoms with van der Waals surface area (Å²) in [6.45, 7) is 1.53. The lowest BCUT2D eigenvalue weighted by atomic mass is 9.45. The predicted molar refractivity (Wildman–Crippen MR) is 138 cm³/mol. The van der Waals surface area contributed by atoms with Gasteiger partial charge in [0, 0.05) is 24.9 Å². The highest BCUT2D eigenvalue weighted by Crippen LogP contribution is 2.66. The van der Waals surface area contributed by atoms with Crippen molar-refractivity contribution in [2.24, 2.45) is 0 Å². The average Bonchev–Trinajstić information content (AvgIpc) is 2.94. The Labute approximate surface area is 211 Å². The van der Waals surface area contributed by atoms with E-state index >= 15 is 4.79 Å². The lowest BCUT2D eigenvalue weighted by molar-refractivity contribution is -0.139. The minimum absolute atomic E-state index is 0.113. The quantitative estimate of drug-likeness (QED) is 0.493. The highest BCUT2D eigenvalue weighted by Gasteiger charge is 2.65. The van der Waals surface area contributed by atoms with Crippen LogP contribution in [0.3, 0.4) is 0 Å². The zero-order valence-electron chi connectivity index (χ0n) is 20.4. The molecule has 4 heteroatoms. The van der Waals surface area contributed by atoms with Crippen LogP contribution in [0, 0.1) is 11.3 Å². The van der Waals surface area contributed by atoms with Crippen molar-refractivity contribution in [1.29, 1.82) is 5.26 Å². The lowest BCUT2D eigenvalue weighted by Crippen LogP contribution is -2.59. The molecule has 1 fully saturated rings. The number of rotatable bonds is 2. The van der Waals surface area contributed by atoms with Crippen LogP contribution in [0.4, 0.5) is 0 Å². The van der Waals surface area contributed by atoms with Crippen molar-refractivity contribution in [1.82, 2.24) is 4.90 Å². The van der Waals surface area contributed by atoms with E-state index in [1.54, 1.807) is 7.11 Å². The number of methoxy groups -OCH3 is 1. The average molecular weight is 473 g/mol. The highest BCUT2D eigenvalue weighted by atomic mass is 16.5. The van der Waals surface area contributed by atoms with Crippen molar-refractivity contribution in [2.45, 2.75) is 41.9 Å². The number of ether oxygens (including phenoxy) is 1. The molecule has 3 aromatic rings. The summed E-state index contributed by atoms with van der Waals surface area (Å²) in [4.78, 5) is 17.1. The number of piperidine rings is 1. The Kier molecular flexibility index (Phi) is 4.51. The van der Waals surface area contributed by atoms with Gasteiger partial charge < -0.3 is 9.64 Å². The van der Waals surface area contributed by atoms with E-state index in [0.29, 0.717) is 5.76 Å². The minimum atomic E-state index is -1.03. The predicted octanol–water partition coefficient (Wildman–Crippen LogP) is 5.53. The molecule has 1 heterocycles. The normalized spacial score (nSPS) is 29.1. The Balaban J connectivity index is 1.68. The van der Waals surface area contributed by atoms with E-state index in [-0.39, 0.29) is 17.7 Å². The van der Waals surface area contributed by atoms with Crippen molar-refractivity contribution in [3.8, 4) is 6.07 Å². The third-order valence-corrected chi connectivity index (χ3v) is 9.10. The second-order valence-corrected chi connectivity index (χ2v) is 10.5. The maximum absolute atomic E-state index is 15.0. The number of nitriles is 1. The Morgan fingerprint density at radius 1 is 0.861 bits per heavy atom. The van der Waals surface area contributed by atoms with Crippen LogP contribution < -0.4 is 0 Å². The van der Waals surface area contributed by atoms with E-state index in [4.69, 9.17) is 4.74 Å². The van der Waals surface area contributed by atoms with Crippen molar-refractivity contribution in [2.75, 3.05) is 20.2 Å². The number of carbonyl (C=O) groups excluding carboxylic acids is 1. The maximum Gasteiger partial charge on any atom is 0.241 e. The molecule has 0 N–H and O–H groups in total. The van der Waals surface area contributed by atoms with Crippen LogP contribution in [0.25, 0.3) is 0 Å². The molecule has 1 saturated heterocycles. The number of hydrogen-bond donors (Lipinski definition) is 0. The van der Waals surface area contributed by atoms with Gasteiger partial charge in [0.05, 0.1) is 13.2 Å². The molecule has 36 heavy (non-hydrogen) atoms. The van der Waals surface area contributed by atoms with Crippen LogP contribution in [-0.4, -0.2) is 31.0 Å². The van der Waals surface area contributed by atoms with Crippen molar-refractivity contribution >= 4 is 5.91 Å². The second-order valence-electron chi connectivity index (χ2n) is 10.5. The first-order chi connectivity index (χ1) is 17.7. The first-order valence-corrected chi connectivity index (χ1v) is 12.9. The third kappa shape index (κ3) is 2.36. The summed E-state index contributed by atoms with van der Waals surface area (Å²) in [6, 6.07) is 27.7. The van der Waals surface area contributed by atoms with E-state index < -0.39 is 10.8 Å². The van der Waals surface area contributed by atoms with E-state index in [0.717, 1.165) is 65.7 Å². The molecular formula is C32H28N2O2. The Bertz CT molecular complexity index is 1430. The summed E-state index contributed by atoms with van der Waals surface area (Å²) in [5.74, 6) is 0.214. The Morgan fingerprint density at radius 2 is 1.42 bits per heavy atom. The first-order valence-electron chi connectivity index (χ1n) is 12.9. The fourth-order valence-corrected chi connectivity index (χ4v) is 7.73. The fraction of sp³-hybridized carbons (Fsp3) is 0.312. The number of likely N-dealkylation sites (tertiary alicyclic amines) is 1. The van der Waals surface area contributed by atoms with Gasteiger partial charge in [-0.3, -0.25) is 4.79 Å². The molecule has 2 atom stereocenters. The zero-order chi connectivity index (χ0) is 24.5. The number of allylic oxidation sites excluding steroid dienone is 1. The van der Waals surface area contributed by atoms with E-state index in [9.17, 15) is 5.26 Å². The molecule has 0 radical (unpaired) electrons. The van der Waals surface area contributed by atoms with E-state index in [2.05, 4.69) is 53.4 Å². The van der Waals surface area contributed by atoms with Crippen molar-refractivity contribution in [3.63, 3.8) is 0 Å². The maximum atomic E-state index is 15.0. The van der Waals surface area contributed by atoms with Gasteiger partial charge in [-0.2, -0.15) is 5.26 Å². The summed E-state index contributed by atoms with van der Waals surface area (Å²) < 4.78 is 6.21. The Morgan fingerprint density at radius 3 is 2.00 bits per heavy atom. The summed E-state index contributed by atoms with van der Waals surface area (Å²) >= 11 is 0. The molecule has 1 amide bonds. The van der Waals surface area contributed by atoms with Gasteiger partial charge in [0.1, 0.15) is 16.6 Å². The Hall–Kier alpha value is -3.84. The van der Waals surface area contributed by atoms with Gasteiger partial charge >= 0.3 is 0 Å². The van der Waals surface area contributed by atoms with E-state index in [1.165, 1.54) is 0 Å². The summed E-state index contributed by atoms with van der Waals surface area (Å²) in [7, 11) is 1.68. The number of hydrogen-bond acceptors (Lipinski definition) is 3.